The molecular formula is C12H12BrClN2O. The Kier molecular flexibility index (Phi) is 5.46. The van der Waals surface area contributed by atoms with Crippen LogP contribution in [0.25, 0.3) is 0 Å². The molecule has 0 aliphatic heterocycles. The average molecular weight is 316 g/mol. The number of amides is 1. The van der Waals surface area contributed by atoms with E-state index in [-0.39, 0.29) is 5.91 Å². The molecule has 0 unspecified atom stereocenters. The molecule has 1 aromatic rings. The molecule has 1 rings (SSSR count). The van der Waals surface area contributed by atoms with E-state index in [0.717, 1.165) is 0 Å². The zero-order chi connectivity index (χ0) is 12.8. The standard InChI is InChI=1S/C12H12BrClN2O/c1-2-16(8-4-7-15)12(17)9-5-3-6-10(13)11(9)14/h3,5-6H,2,4,8H2,1H3. The third kappa shape index (κ3) is 3.45. The maximum absolute atomic E-state index is 12.2. The zero-order valence-electron chi connectivity index (χ0n) is 9.41. The van der Waals surface area contributed by atoms with Crippen molar-refractivity contribution in [3.8, 4) is 6.07 Å². The van der Waals surface area contributed by atoms with Crippen molar-refractivity contribution < 1.29 is 4.79 Å². The summed E-state index contributed by atoms with van der Waals surface area (Å²) in [7, 11) is 0. The fourth-order valence-electron chi connectivity index (χ4n) is 1.43. The van der Waals surface area contributed by atoms with Gasteiger partial charge in [0.15, 0.2) is 0 Å². The molecule has 0 atom stereocenters. The van der Waals surface area contributed by atoms with Gasteiger partial charge in [0.1, 0.15) is 0 Å². The topological polar surface area (TPSA) is 44.1 Å². The highest BCUT2D eigenvalue weighted by Crippen LogP contribution is 2.26. The van der Waals surface area contributed by atoms with E-state index in [4.69, 9.17) is 16.9 Å². The summed E-state index contributed by atoms with van der Waals surface area (Å²) in [6, 6.07) is 7.26. The van der Waals surface area contributed by atoms with Crippen LogP contribution in [0.3, 0.4) is 0 Å². The van der Waals surface area contributed by atoms with Crippen molar-refractivity contribution in [1.29, 1.82) is 5.26 Å². The van der Waals surface area contributed by atoms with E-state index in [1.165, 1.54) is 0 Å². The Bertz CT molecular complexity index is 456. The second kappa shape index (κ2) is 6.63. The van der Waals surface area contributed by atoms with Crippen LogP contribution in [0.15, 0.2) is 22.7 Å². The summed E-state index contributed by atoms with van der Waals surface area (Å²) in [5.74, 6) is -0.144. The van der Waals surface area contributed by atoms with Gasteiger partial charge in [-0.25, -0.2) is 0 Å². The summed E-state index contributed by atoms with van der Waals surface area (Å²) in [5.41, 5.74) is 0.459. The SMILES string of the molecule is CCN(CCC#N)C(=O)c1cccc(Br)c1Cl. The normalized spacial score (nSPS) is 9.76. The van der Waals surface area contributed by atoms with Crippen molar-refractivity contribution in [1.82, 2.24) is 4.90 Å². The maximum atomic E-state index is 12.2. The molecule has 3 nitrogen and oxygen atoms in total. The number of carbonyl (C=O) groups excluding carboxylic acids is 1. The second-order valence-corrected chi connectivity index (χ2v) is 4.63. The van der Waals surface area contributed by atoms with Crippen LogP contribution in [0.2, 0.25) is 5.02 Å². The van der Waals surface area contributed by atoms with Gasteiger partial charge in [-0.15, -0.1) is 0 Å². The van der Waals surface area contributed by atoms with Crippen molar-refractivity contribution in [2.75, 3.05) is 13.1 Å². The minimum absolute atomic E-state index is 0.144. The molecule has 0 heterocycles. The first-order valence-electron chi connectivity index (χ1n) is 5.22. The van der Waals surface area contributed by atoms with Crippen LogP contribution >= 0.6 is 27.5 Å². The van der Waals surface area contributed by atoms with E-state index in [0.29, 0.717) is 34.6 Å². The molecule has 90 valence electrons. The Morgan fingerprint density at radius 1 is 1.59 bits per heavy atom. The summed E-state index contributed by atoms with van der Waals surface area (Å²) in [4.78, 5) is 13.8. The molecule has 0 saturated heterocycles. The van der Waals surface area contributed by atoms with Gasteiger partial charge in [-0.1, -0.05) is 17.7 Å². The number of halogens is 2. The van der Waals surface area contributed by atoms with Gasteiger partial charge >= 0.3 is 0 Å². The molecule has 0 aliphatic carbocycles. The minimum Gasteiger partial charge on any atom is -0.338 e. The molecule has 0 bridgehead atoms. The third-order valence-electron chi connectivity index (χ3n) is 2.34. The number of rotatable bonds is 4. The molecule has 1 amide bonds. The highest BCUT2D eigenvalue weighted by atomic mass is 79.9. The Morgan fingerprint density at radius 3 is 2.88 bits per heavy atom. The predicted molar refractivity (Wildman–Crippen MR) is 71.0 cm³/mol. The van der Waals surface area contributed by atoms with Crippen molar-refractivity contribution in [2.45, 2.75) is 13.3 Å². The Balaban J connectivity index is 2.94. The lowest BCUT2D eigenvalue weighted by atomic mass is 10.2. The average Bonchev–Trinajstić information content (AvgIpc) is 2.33. The van der Waals surface area contributed by atoms with Gasteiger partial charge in [-0.3, -0.25) is 4.79 Å². The lowest BCUT2D eigenvalue weighted by molar-refractivity contribution is 0.0768. The van der Waals surface area contributed by atoms with Gasteiger partial charge in [-0.2, -0.15) is 5.26 Å². The Morgan fingerprint density at radius 2 is 2.29 bits per heavy atom. The van der Waals surface area contributed by atoms with Gasteiger partial charge < -0.3 is 4.90 Å². The quantitative estimate of drug-likeness (QED) is 0.854. The third-order valence-corrected chi connectivity index (χ3v) is 3.64. The molecule has 0 N–H and O–H groups in total. The fraction of sp³-hybridized carbons (Fsp3) is 0.333. The summed E-state index contributed by atoms with van der Waals surface area (Å²) in [6.07, 6.45) is 0.325. The second-order valence-electron chi connectivity index (χ2n) is 3.39. The van der Waals surface area contributed by atoms with Crippen LogP contribution in [0.4, 0.5) is 0 Å². The van der Waals surface area contributed by atoms with E-state index in [1.54, 1.807) is 23.1 Å². The van der Waals surface area contributed by atoms with Gasteiger partial charge in [-0.05, 0) is 35.0 Å². The molecule has 1 aromatic carbocycles. The molecule has 0 fully saturated rings. The molecule has 17 heavy (non-hydrogen) atoms. The van der Waals surface area contributed by atoms with Crippen LogP contribution < -0.4 is 0 Å². The Hall–Kier alpha value is -1.05. The number of hydrogen-bond acceptors (Lipinski definition) is 2. The number of nitrogens with zero attached hydrogens (tertiary/aromatic N) is 2. The first kappa shape index (κ1) is 14.0. The molecule has 0 aliphatic rings. The number of nitriles is 1. The van der Waals surface area contributed by atoms with E-state index in [2.05, 4.69) is 15.9 Å². The first-order valence-corrected chi connectivity index (χ1v) is 6.39. The van der Waals surface area contributed by atoms with Crippen molar-refractivity contribution in [3.05, 3.63) is 33.3 Å². The van der Waals surface area contributed by atoms with Crippen LogP contribution in [0.1, 0.15) is 23.7 Å². The summed E-state index contributed by atoms with van der Waals surface area (Å²) in [6.45, 7) is 2.86. The maximum Gasteiger partial charge on any atom is 0.255 e. The molecule has 0 aromatic heterocycles. The van der Waals surface area contributed by atoms with Gasteiger partial charge in [0.2, 0.25) is 0 Å². The highest BCUT2D eigenvalue weighted by Gasteiger charge is 2.17. The molecule has 0 spiro atoms. The number of hydrogen-bond donors (Lipinski definition) is 0. The van der Waals surface area contributed by atoms with Gasteiger partial charge in [0.25, 0.3) is 5.91 Å². The highest BCUT2D eigenvalue weighted by molar-refractivity contribution is 9.10. The van der Waals surface area contributed by atoms with Crippen LogP contribution in [0.5, 0.6) is 0 Å². The van der Waals surface area contributed by atoms with Crippen molar-refractivity contribution >= 4 is 33.4 Å². The molecule has 0 saturated carbocycles. The van der Waals surface area contributed by atoms with Crippen molar-refractivity contribution in [2.24, 2.45) is 0 Å². The Labute approximate surface area is 114 Å². The van der Waals surface area contributed by atoms with Crippen molar-refractivity contribution in [3.63, 3.8) is 0 Å². The zero-order valence-corrected chi connectivity index (χ0v) is 11.8. The lowest BCUT2D eigenvalue weighted by Gasteiger charge is -2.20. The van der Waals surface area contributed by atoms with Gasteiger partial charge in [0.05, 0.1) is 23.1 Å². The smallest absolute Gasteiger partial charge is 0.255 e. The summed E-state index contributed by atoms with van der Waals surface area (Å²) in [5, 5.41) is 8.95. The van der Waals surface area contributed by atoms with Crippen LogP contribution in [-0.4, -0.2) is 23.9 Å². The molecule has 5 heteroatoms. The van der Waals surface area contributed by atoms with E-state index >= 15 is 0 Å². The van der Waals surface area contributed by atoms with E-state index in [9.17, 15) is 4.79 Å². The van der Waals surface area contributed by atoms with E-state index < -0.39 is 0 Å². The monoisotopic (exact) mass is 314 g/mol. The summed E-state index contributed by atoms with van der Waals surface area (Å²) >= 11 is 9.35. The predicted octanol–water partition coefficient (Wildman–Crippen LogP) is 3.48. The largest absolute Gasteiger partial charge is 0.338 e. The minimum atomic E-state index is -0.144. The number of carbonyl (C=O) groups is 1. The van der Waals surface area contributed by atoms with Crippen LogP contribution in [0, 0.1) is 11.3 Å². The van der Waals surface area contributed by atoms with E-state index in [1.807, 2.05) is 13.0 Å². The first-order chi connectivity index (χ1) is 8.11. The lowest BCUT2D eigenvalue weighted by Crippen LogP contribution is -2.31. The fourth-order valence-corrected chi connectivity index (χ4v) is 2.00. The molecule has 0 radical (unpaired) electrons. The van der Waals surface area contributed by atoms with Crippen LogP contribution in [-0.2, 0) is 0 Å². The summed E-state index contributed by atoms with van der Waals surface area (Å²) < 4.78 is 0.696. The van der Waals surface area contributed by atoms with Gasteiger partial charge in [0, 0.05) is 17.6 Å². The molecular weight excluding hydrogens is 304 g/mol. The number of benzene rings is 1.